The number of amides is 2. The first-order chi connectivity index (χ1) is 15.3. The topological polar surface area (TPSA) is 118 Å². The van der Waals surface area contributed by atoms with Crippen LogP contribution in [0.25, 0.3) is 0 Å². The Kier molecular flexibility index (Phi) is 7.92. The van der Waals surface area contributed by atoms with Crippen LogP contribution in [0.5, 0.6) is 5.75 Å². The molecule has 3 rings (SSSR count). The second-order valence-electron chi connectivity index (χ2n) is 7.67. The summed E-state index contributed by atoms with van der Waals surface area (Å²) in [6, 6.07) is 6.79. The molecular formula is C22H29N3O6S. The maximum absolute atomic E-state index is 13.1. The molecule has 2 aromatic rings. The molecular weight excluding hydrogens is 434 g/mol. The molecule has 0 saturated carbocycles. The number of hydrogen-bond donors (Lipinski definition) is 2. The highest BCUT2D eigenvalue weighted by atomic mass is 32.2. The molecule has 1 fully saturated rings. The monoisotopic (exact) mass is 463 g/mol. The Morgan fingerprint density at radius 3 is 2.50 bits per heavy atom. The quantitative estimate of drug-likeness (QED) is 0.620. The fourth-order valence-corrected chi connectivity index (χ4v) is 5.08. The molecule has 1 aromatic heterocycles. The van der Waals surface area contributed by atoms with Crippen molar-refractivity contribution in [2.75, 3.05) is 20.2 Å². The second kappa shape index (κ2) is 10.6. The summed E-state index contributed by atoms with van der Waals surface area (Å²) < 4.78 is 38.1. The van der Waals surface area contributed by atoms with E-state index >= 15 is 0 Å². The number of methoxy groups -OCH3 is 1. The number of benzene rings is 1. The van der Waals surface area contributed by atoms with Gasteiger partial charge in [-0.05, 0) is 50.1 Å². The minimum absolute atomic E-state index is 0.0280. The summed E-state index contributed by atoms with van der Waals surface area (Å²) in [5.41, 5.74) is 0.0501. The summed E-state index contributed by atoms with van der Waals surface area (Å²) in [6.07, 6.45) is 5.14. The van der Waals surface area contributed by atoms with Crippen LogP contribution >= 0.6 is 0 Å². The Morgan fingerprint density at radius 1 is 1.16 bits per heavy atom. The summed E-state index contributed by atoms with van der Waals surface area (Å²) in [4.78, 5) is 25.2. The molecule has 1 aliphatic rings. The molecule has 2 N–H and O–H groups in total. The first kappa shape index (κ1) is 23.8. The van der Waals surface area contributed by atoms with E-state index in [0.717, 1.165) is 25.7 Å². The van der Waals surface area contributed by atoms with Gasteiger partial charge in [0.2, 0.25) is 15.9 Å². The van der Waals surface area contributed by atoms with E-state index in [-0.39, 0.29) is 22.8 Å². The van der Waals surface area contributed by atoms with E-state index in [4.69, 9.17) is 9.15 Å². The lowest BCUT2D eigenvalue weighted by Gasteiger charge is -2.21. The van der Waals surface area contributed by atoms with Gasteiger partial charge in [-0.3, -0.25) is 9.59 Å². The number of carbonyl (C=O) groups excluding carboxylic acids is 2. The minimum atomic E-state index is -3.74. The Hall–Kier alpha value is -2.85. The number of hydrogen-bond acceptors (Lipinski definition) is 6. The Morgan fingerprint density at radius 2 is 1.88 bits per heavy atom. The Balaban J connectivity index is 1.74. The lowest BCUT2D eigenvalue weighted by atomic mass is 10.1. The maximum atomic E-state index is 13.1. The highest BCUT2D eigenvalue weighted by Gasteiger charge is 2.27. The minimum Gasteiger partial charge on any atom is -0.496 e. The number of ether oxygens (including phenoxy) is 1. The highest BCUT2D eigenvalue weighted by Crippen LogP contribution is 2.26. The predicted octanol–water partition coefficient (Wildman–Crippen LogP) is 2.29. The van der Waals surface area contributed by atoms with Gasteiger partial charge in [-0.15, -0.1) is 0 Å². The van der Waals surface area contributed by atoms with E-state index in [0.29, 0.717) is 18.8 Å². The van der Waals surface area contributed by atoms with Crippen LogP contribution in [0, 0.1) is 0 Å². The first-order valence-corrected chi connectivity index (χ1v) is 12.1. The van der Waals surface area contributed by atoms with Crippen molar-refractivity contribution in [3.8, 4) is 5.75 Å². The first-order valence-electron chi connectivity index (χ1n) is 10.6. The van der Waals surface area contributed by atoms with Gasteiger partial charge in [-0.2, -0.15) is 4.31 Å². The summed E-state index contributed by atoms with van der Waals surface area (Å²) in [5.74, 6) is -0.192. The number of nitrogens with zero attached hydrogens (tertiary/aromatic N) is 1. The zero-order chi connectivity index (χ0) is 23.1. The summed E-state index contributed by atoms with van der Waals surface area (Å²) >= 11 is 0. The fraction of sp³-hybridized carbons (Fsp3) is 0.455. The van der Waals surface area contributed by atoms with Gasteiger partial charge in [0, 0.05) is 13.1 Å². The van der Waals surface area contributed by atoms with Crippen molar-refractivity contribution < 1.29 is 27.2 Å². The van der Waals surface area contributed by atoms with Crippen LogP contribution in [0.3, 0.4) is 0 Å². The number of nitrogens with one attached hydrogen (secondary N) is 2. The van der Waals surface area contributed by atoms with Gasteiger partial charge in [0.1, 0.15) is 17.6 Å². The van der Waals surface area contributed by atoms with Crippen LogP contribution in [0.1, 0.15) is 48.7 Å². The lowest BCUT2D eigenvalue weighted by molar-refractivity contribution is -0.122. The fourth-order valence-electron chi connectivity index (χ4n) is 3.54. The van der Waals surface area contributed by atoms with E-state index in [2.05, 4.69) is 10.6 Å². The van der Waals surface area contributed by atoms with Gasteiger partial charge in [0.25, 0.3) is 5.91 Å². The molecule has 1 aromatic carbocycles. The number of carbonyl (C=O) groups is 2. The van der Waals surface area contributed by atoms with Crippen LogP contribution in [-0.2, 0) is 21.4 Å². The standard InChI is InChI=1S/C22H29N3O6S/c1-16(21(26)23-15-17-8-7-13-31-17)24-22(27)19-14-18(9-10-20(19)30-2)32(28,29)25-11-5-3-4-6-12-25/h7-10,13-14,16H,3-6,11-12,15H2,1-2H3,(H,23,26)(H,24,27). The van der Waals surface area contributed by atoms with Crippen LogP contribution in [0.4, 0.5) is 0 Å². The summed E-state index contributed by atoms with van der Waals surface area (Å²) in [7, 11) is -2.34. The number of rotatable bonds is 8. The van der Waals surface area contributed by atoms with Gasteiger partial charge < -0.3 is 19.8 Å². The Bertz CT molecular complexity index is 1030. The second-order valence-corrected chi connectivity index (χ2v) is 9.61. The molecule has 1 aliphatic heterocycles. The molecule has 0 aliphatic carbocycles. The normalized spacial score (nSPS) is 16.1. The van der Waals surface area contributed by atoms with Crippen molar-refractivity contribution in [1.82, 2.24) is 14.9 Å². The van der Waals surface area contributed by atoms with Crippen molar-refractivity contribution >= 4 is 21.8 Å². The third-order valence-electron chi connectivity index (χ3n) is 5.38. The maximum Gasteiger partial charge on any atom is 0.255 e. The molecule has 1 atom stereocenters. The zero-order valence-electron chi connectivity index (χ0n) is 18.3. The molecule has 10 heteroatoms. The van der Waals surface area contributed by atoms with E-state index in [1.54, 1.807) is 19.1 Å². The molecule has 0 bridgehead atoms. The van der Waals surface area contributed by atoms with Crippen LogP contribution < -0.4 is 15.4 Å². The molecule has 2 heterocycles. The number of furan rings is 1. The summed E-state index contributed by atoms with van der Waals surface area (Å²) in [6.45, 7) is 2.66. The molecule has 2 amide bonds. The van der Waals surface area contributed by atoms with Crippen molar-refractivity contribution in [3.63, 3.8) is 0 Å². The van der Waals surface area contributed by atoms with Crippen molar-refractivity contribution in [2.45, 2.75) is 50.1 Å². The SMILES string of the molecule is COc1ccc(S(=O)(=O)N2CCCCCC2)cc1C(=O)NC(C)C(=O)NCc1ccco1. The van der Waals surface area contributed by atoms with Gasteiger partial charge >= 0.3 is 0 Å². The van der Waals surface area contributed by atoms with Crippen LogP contribution in [-0.4, -0.2) is 50.8 Å². The smallest absolute Gasteiger partial charge is 0.255 e. The van der Waals surface area contributed by atoms with Gasteiger partial charge in [0.15, 0.2) is 0 Å². The van der Waals surface area contributed by atoms with Crippen LogP contribution in [0.2, 0.25) is 0 Å². The largest absolute Gasteiger partial charge is 0.496 e. The third kappa shape index (κ3) is 5.68. The molecule has 0 spiro atoms. The van der Waals surface area contributed by atoms with E-state index in [1.807, 2.05) is 0 Å². The highest BCUT2D eigenvalue weighted by molar-refractivity contribution is 7.89. The third-order valence-corrected chi connectivity index (χ3v) is 7.27. The molecule has 9 nitrogen and oxygen atoms in total. The molecule has 0 radical (unpaired) electrons. The molecule has 174 valence electrons. The molecule has 32 heavy (non-hydrogen) atoms. The van der Waals surface area contributed by atoms with Gasteiger partial charge in [-0.1, -0.05) is 12.8 Å². The molecule has 1 saturated heterocycles. The average molecular weight is 464 g/mol. The lowest BCUT2D eigenvalue weighted by Crippen LogP contribution is -2.44. The van der Waals surface area contributed by atoms with Crippen LogP contribution in [0.15, 0.2) is 45.9 Å². The average Bonchev–Trinajstić information content (AvgIpc) is 3.15. The number of sulfonamides is 1. The predicted molar refractivity (Wildman–Crippen MR) is 118 cm³/mol. The van der Waals surface area contributed by atoms with Crippen molar-refractivity contribution in [3.05, 3.63) is 47.9 Å². The summed E-state index contributed by atoms with van der Waals surface area (Å²) in [5, 5.41) is 5.27. The van der Waals surface area contributed by atoms with Gasteiger partial charge in [-0.25, -0.2) is 8.42 Å². The molecule has 1 unspecified atom stereocenters. The van der Waals surface area contributed by atoms with E-state index < -0.39 is 27.9 Å². The zero-order valence-corrected chi connectivity index (χ0v) is 19.1. The van der Waals surface area contributed by atoms with Crippen molar-refractivity contribution in [2.24, 2.45) is 0 Å². The Labute approximate surface area is 188 Å². The van der Waals surface area contributed by atoms with Crippen molar-refractivity contribution in [1.29, 1.82) is 0 Å². The van der Waals surface area contributed by atoms with Gasteiger partial charge in [0.05, 0.1) is 30.4 Å². The van der Waals surface area contributed by atoms with E-state index in [1.165, 1.54) is 35.9 Å². The van der Waals surface area contributed by atoms with E-state index in [9.17, 15) is 18.0 Å².